The second kappa shape index (κ2) is 8.14. The summed E-state index contributed by atoms with van der Waals surface area (Å²) in [5.41, 5.74) is 1.24. The van der Waals surface area contributed by atoms with Gasteiger partial charge >= 0.3 is 11.9 Å². The molecule has 0 unspecified atom stereocenters. The van der Waals surface area contributed by atoms with E-state index in [2.05, 4.69) is 11.9 Å². The molecule has 160 valence electrons. The Hall–Kier alpha value is -2.81. The zero-order chi connectivity index (χ0) is 21.3. The van der Waals surface area contributed by atoms with Gasteiger partial charge < -0.3 is 4.90 Å². The van der Waals surface area contributed by atoms with Crippen LogP contribution in [0, 0.1) is 0 Å². The van der Waals surface area contributed by atoms with E-state index in [1.54, 1.807) is 0 Å². The van der Waals surface area contributed by atoms with E-state index in [4.69, 9.17) is 0 Å². The molecule has 1 aromatic carbocycles. The summed E-state index contributed by atoms with van der Waals surface area (Å²) in [6.07, 6.45) is -2.44. The van der Waals surface area contributed by atoms with Crippen LogP contribution in [0.3, 0.4) is 0 Å². The number of pyridine rings is 1. The number of aromatic nitrogens is 3. The Morgan fingerprint density at radius 2 is 1.70 bits per heavy atom. The molecule has 3 aromatic rings. The first kappa shape index (κ1) is 20.5. The second-order valence-corrected chi connectivity index (χ2v) is 7.71. The summed E-state index contributed by atoms with van der Waals surface area (Å²) in [6.45, 7) is 6.35. The van der Waals surface area contributed by atoms with Crippen LogP contribution in [0.2, 0.25) is 0 Å². The zero-order valence-corrected chi connectivity index (χ0v) is 16.9. The van der Waals surface area contributed by atoms with Gasteiger partial charge in [0.15, 0.2) is 6.67 Å². The summed E-state index contributed by atoms with van der Waals surface area (Å²) >= 11 is 0. The van der Waals surface area contributed by atoms with E-state index in [1.807, 2.05) is 38.3 Å². The van der Waals surface area contributed by atoms with Crippen molar-refractivity contribution in [3.05, 3.63) is 58.6 Å². The molecule has 0 spiro atoms. The normalized spacial score (nSPS) is 15.8. The number of para-hydroxylation sites is 2. The smallest absolute Gasteiger partial charge is 0.311 e. The minimum atomic E-state index is -4.35. The van der Waals surface area contributed by atoms with Crippen molar-refractivity contribution in [1.82, 2.24) is 9.13 Å². The van der Waals surface area contributed by atoms with E-state index in [-0.39, 0.29) is 5.69 Å². The second-order valence-electron chi connectivity index (χ2n) is 7.71. The van der Waals surface area contributed by atoms with Crippen LogP contribution in [0.15, 0.2) is 47.4 Å². The Labute approximate surface area is 172 Å². The number of imidazole rings is 1. The number of aromatic amines is 1. The van der Waals surface area contributed by atoms with Gasteiger partial charge in [-0.05, 0) is 24.6 Å². The standard InChI is InChI=1S/C21H24F3N5O/c1-2-9-28-17-5-3-4-6-18(17)29(20(28)30)15-26-10-12-27(13-11-26)19-8-7-16(14-25-19)21(22,23)24/h3-8,14H,2,9-13,15H2,1H3/p+2. The number of nitrogens with zero attached hydrogens (tertiary/aromatic N) is 3. The molecule has 6 nitrogen and oxygen atoms in total. The van der Waals surface area contributed by atoms with Gasteiger partial charge in [-0.25, -0.2) is 14.3 Å². The quantitative estimate of drug-likeness (QED) is 0.677. The van der Waals surface area contributed by atoms with E-state index in [0.717, 1.165) is 42.8 Å². The molecule has 0 saturated carbocycles. The predicted molar refractivity (Wildman–Crippen MR) is 107 cm³/mol. The number of piperazine rings is 1. The van der Waals surface area contributed by atoms with Crippen LogP contribution in [0.25, 0.3) is 11.0 Å². The summed E-state index contributed by atoms with van der Waals surface area (Å²) in [5.74, 6) is 0.679. The first-order chi connectivity index (χ1) is 14.4. The molecule has 3 heterocycles. The number of quaternary nitrogens is 1. The number of hydrogen-bond acceptors (Lipinski definition) is 2. The molecule has 1 saturated heterocycles. The van der Waals surface area contributed by atoms with Crippen molar-refractivity contribution in [3.63, 3.8) is 0 Å². The highest BCUT2D eigenvalue weighted by molar-refractivity contribution is 5.75. The molecule has 4 rings (SSSR count). The van der Waals surface area contributed by atoms with Crippen molar-refractivity contribution < 1.29 is 23.1 Å². The fourth-order valence-electron chi connectivity index (χ4n) is 4.10. The third-order valence-electron chi connectivity index (χ3n) is 5.69. The van der Waals surface area contributed by atoms with Crippen LogP contribution in [0.4, 0.5) is 19.0 Å². The highest BCUT2D eigenvalue weighted by atomic mass is 19.4. The van der Waals surface area contributed by atoms with E-state index >= 15 is 0 Å². The first-order valence-corrected chi connectivity index (χ1v) is 10.2. The largest absolute Gasteiger partial charge is 0.419 e. The number of halogens is 3. The molecule has 2 N–H and O–H groups in total. The fourth-order valence-corrected chi connectivity index (χ4v) is 4.10. The van der Waals surface area contributed by atoms with Gasteiger partial charge in [0.25, 0.3) is 5.82 Å². The van der Waals surface area contributed by atoms with Gasteiger partial charge in [-0.3, -0.25) is 9.47 Å². The lowest BCUT2D eigenvalue weighted by atomic mass is 10.2. The molecule has 1 fully saturated rings. The van der Waals surface area contributed by atoms with Gasteiger partial charge in [0.05, 0.1) is 16.6 Å². The van der Waals surface area contributed by atoms with Crippen LogP contribution in [0.5, 0.6) is 0 Å². The van der Waals surface area contributed by atoms with Gasteiger partial charge in [0.1, 0.15) is 32.4 Å². The summed E-state index contributed by atoms with van der Waals surface area (Å²) in [5, 5.41) is 0. The molecule has 2 aromatic heterocycles. The molecule has 9 heteroatoms. The molecule has 0 bridgehead atoms. The third kappa shape index (κ3) is 3.94. The minimum Gasteiger partial charge on any atom is -0.311 e. The number of H-pyrrole nitrogens is 1. The number of benzene rings is 1. The monoisotopic (exact) mass is 421 g/mol. The topological polar surface area (TPSA) is 48.8 Å². The molecule has 0 amide bonds. The third-order valence-corrected chi connectivity index (χ3v) is 5.69. The van der Waals surface area contributed by atoms with Gasteiger partial charge in [-0.15, -0.1) is 0 Å². The van der Waals surface area contributed by atoms with Crippen molar-refractivity contribution in [2.24, 2.45) is 0 Å². The Morgan fingerprint density at radius 1 is 1.03 bits per heavy atom. The van der Waals surface area contributed by atoms with Crippen LogP contribution in [-0.4, -0.2) is 35.3 Å². The van der Waals surface area contributed by atoms with Crippen LogP contribution >= 0.6 is 0 Å². The van der Waals surface area contributed by atoms with E-state index in [9.17, 15) is 18.0 Å². The molecule has 1 aliphatic heterocycles. The van der Waals surface area contributed by atoms with Crippen molar-refractivity contribution in [2.75, 3.05) is 31.1 Å². The van der Waals surface area contributed by atoms with Crippen LogP contribution in [0.1, 0.15) is 18.9 Å². The first-order valence-electron chi connectivity index (χ1n) is 10.2. The highest BCUT2D eigenvalue weighted by Crippen LogP contribution is 2.28. The molecular formula is C21H26F3N5O+2. The summed E-state index contributed by atoms with van der Waals surface area (Å²) in [6, 6.07) is 10.4. The van der Waals surface area contributed by atoms with Gasteiger partial charge in [-0.2, -0.15) is 13.2 Å². The molecule has 0 radical (unpaired) electrons. The number of alkyl halides is 3. The van der Waals surface area contributed by atoms with E-state index in [1.165, 1.54) is 11.0 Å². The number of hydrogen-bond donors (Lipinski definition) is 1. The predicted octanol–water partition coefficient (Wildman–Crippen LogP) is 1.41. The Kier molecular flexibility index (Phi) is 5.55. The Balaban J connectivity index is 1.46. The summed E-state index contributed by atoms with van der Waals surface area (Å²) in [7, 11) is 0. The Bertz CT molecular complexity index is 1060. The maximum absolute atomic E-state index is 13.0. The number of rotatable bonds is 5. The SMILES string of the molecule is CCCn1c(=O)n(C[NH+]2CCN(c3ccc(C(F)(F)F)c[nH+]3)CC2)c2ccccc21. The molecule has 0 atom stereocenters. The van der Waals surface area contributed by atoms with Crippen molar-refractivity contribution in [2.45, 2.75) is 32.7 Å². The molecule has 0 aliphatic carbocycles. The number of nitrogens with one attached hydrogen (secondary N) is 2. The van der Waals surface area contributed by atoms with Crippen molar-refractivity contribution >= 4 is 16.9 Å². The average molecular weight is 421 g/mol. The molecule has 30 heavy (non-hydrogen) atoms. The van der Waals surface area contributed by atoms with Crippen LogP contribution in [-0.2, 0) is 19.4 Å². The number of anilines is 1. The number of fused-ring (bicyclic) bond motifs is 1. The van der Waals surface area contributed by atoms with Gasteiger partial charge in [-0.1, -0.05) is 19.1 Å². The maximum Gasteiger partial charge on any atom is 0.419 e. The highest BCUT2D eigenvalue weighted by Gasteiger charge is 2.33. The van der Waals surface area contributed by atoms with Crippen molar-refractivity contribution in [1.29, 1.82) is 0 Å². The lowest BCUT2D eigenvalue weighted by Gasteiger charge is -2.28. The molecule has 1 aliphatic rings. The van der Waals surface area contributed by atoms with E-state index < -0.39 is 11.7 Å². The van der Waals surface area contributed by atoms with Crippen LogP contribution < -0.4 is 20.5 Å². The fraction of sp³-hybridized carbons (Fsp3) is 0.429. The average Bonchev–Trinajstić information content (AvgIpc) is 3.00. The Morgan fingerprint density at radius 3 is 2.27 bits per heavy atom. The maximum atomic E-state index is 13.0. The lowest BCUT2D eigenvalue weighted by molar-refractivity contribution is -0.923. The van der Waals surface area contributed by atoms with E-state index in [0.29, 0.717) is 32.1 Å². The minimum absolute atomic E-state index is 0.0176. The molecular weight excluding hydrogens is 395 g/mol. The van der Waals surface area contributed by atoms with Gasteiger partial charge in [0.2, 0.25) is 0 Å². The zero-order valence-electron chi connectivity index (χ0n) is 16.9. The van der Waals surface area contributed by atoms with Crippen molar-refractivity contribution in [3.8, 4) is 0 Å². The summed E-state index contributed by atoms with van der Waals surface area (Å²) in [4.78, 5) is 19.0. The summed E-state index contributed by atoms with van der Waals surface area (Å²) < 4.78 is 41.9. The number of aryl methyl sites for hydroxylation is 1. The van der Waals surface area contributed by atoms with Gasteiger partial charge in [0, 0.05) is 12.6 Å². The lowest BCUT2D eigenvalue weighted by Crippen LogP contribution is -3.14.